The van der Waals surface area contributed by atoms with E-state index in [-0.39, 0.29) is 6.10 Å². The van der Waals surface area contributed by atoms with E-state index in [0.717, 1.165) is 6.04 Å². The van der Waals surface area contributed by atoms with Gasteiger partial charge in [0.05, 0.1) is 25.2 Å². The highest BCUT2D eigenvalue weighted by Crippen LogP contribution is 2.41. The molecule has 3 aliphatic rings. The van der Waals surface area contributed by atoms with Crippen LogP contribution in [0.25, 0.3) is 0 Å². The molecular weight excluding hydrogens is 174 g/mol. The lowest BCUT2D eigenvalue weighted by atomic mass is 9.81. The molecule has 2 bridgehead atoms. The first-order valence-corrected chi connectivity index (χ1v) is 6.39. The second-order valence-electron chi connectivity index (χ2n) is 5.54. The molecule has 4 atom stereocenters. The summed E-state index contributed by atoms with van der Waals surface area (Å²) in [6, 6.07) is 0.811. The molecular formula is C12H22NO+. The van der Waals surface area contributed by atoms with Crippen molar-refractivity contribution in [1.29, 1.82) is 0 Å². The number of aliphatic hydroxyl groups excluding tert-OH is 1. The van der Waals surface area contributed by atoms with Crippen LogP contribution in [0.3, 0.4) is 0 Å². The third-order valence-corrected chi connectivity index (χ3v) is 4.93. The van der Waals surface area contributed by atoms with E-state index in [9.17, 15) is 5.11 Å². The zero-order valence-electron chi connectivity index (χ0n) is 8.91. The minimum atomic E-state index is 0.0573. The fourth-order valence-corrected chi connectivity index (χ4v) is 4.17. The predicted octanol–water partition coefficient (Wildman–Crippen LogP) is 0.215. The van der Waals surface area contributed by atoms with Crippen LogP contribution in [-0.4, -0.2) is 30.3 Å². The predicted molar refractivity (Wildman–Crippen MR) is 55.2 cm³/mol. The van der Waals surface area contributed by atoms with Gasteiger partial charge in [-0.05, 0) is 25.2 Å². The maximum atomic E-state index is 10.1. The highest BCUT2D eigenvalue weighted by molar-refractivity contribution is 4.93. The van der Waals surface area contributed by atoms with Gasteiger partial charge in [-0.15, -0.1) is 0 Å². The van der Waals surface area contributed by atoms with E-state index >= 15 is 0 Å². The monoisotopic (exact) mass is 196 g/mol. The van der Waals surface area contributed by atoms with Gasteiger partial charge < -0.3 is 10.0 Å². The van der Waals surface area contributed by atoms with Crippen molar-refractivity contribution in [2.45, 2.75) is 50.7 Å². The van der Waals surface area contributed by atoms with Crippen LogP contribution in [0.1, 0.15) is 38.5 Å². The van der Waals surface area contributed by atoms with E-state index in [1.165, 1.54) is 51.6 Å². The van der Waals surface area contributed by atoms with Crippen molar-refractivity contribution >= 4 is 0 Å². The molecule has 1 saturated heterocycles. The normalized spacial score (nSPS) is 48.6. The summed E-state index contributed by atoms with van der Waals surface area (Å²) in [5.74, 6) is 1.32. The van der Waals surface area contributed by atoms with Crippen molar-refractivity contribution in [3.8, 4) is 0 Å². The quantitative estimate of drug-likeness (QED) is 0.616. The van der Waals surface area contributed by atoms with Crippen molar-refractivity contribution in [2.75, 3.05) is 13.1 Å². The molecule has 80 valence electrons. The third-order valence-electron chi connectivity index (χ3n) is 4.93. The fourth-order valence-electron chi connectivity index (χ4n) is 4.17. The first-order chi connectivity index (χ1) is 6.86. The Morgan fingerprint density at radius 3 is 2.43 bits per heavy atom. The van der Waals surface area contributed by atoms with Gasteiger partial charge in [0.25, 0.3) is 0 Å². The van der Waals surface area contributed by atoms with Crippen molar-refractivity contribution in [3.63, 3.8) is 0 Å². The van der Waals surface area contributed by atoms with Crippen LogP contribution in [-0.2, 0) is 0 Å². The number of likely N-dealkylation sites (tertiary alicyclic amines) is 1. The Morgan fingerprint density at radius 1 is 0.929 bits per heavy atom. The lowest BCUT2D eigenvalue weighted by Gasteiger charge is -2.36. The zero-order chi connectivity index (χ0) is 9.54. The summed E-state index contributed by atoms with van der Waals surface area (Å²) < 4.78 is 0. The third kappa shape index (κ3) is 1.31. The molecule has 2 heteroatoms. The number of hydrogen-bond acceptors (Lipinski definition) is 1. The molecule has 0 aromatic rings. The number of fused-ring (bicyclic) bond motifs is 2. The molecule has 1 aliphatic heterocycles. The summed E-state index contributed by atoms with van der Waals surface area (Å²) in [6.07, 6.45) is 8.18. The average Bonchev–Trinajstić information content (AvgIpc) is 2.76. The van der Waals surface area contributed by atoms with E-state index in [0.29, 0.717) is 11.8 Å². The Hall–Kier alpha value is -0.0800. The van der Waals surface area contributed by atoms with E-state index in [1.54, 1.807) is 0 Å². The van der Waals surface area contributed by atoms with Crippen LogP contribution in [0.15, 0.2) is 0 Å². The first kappa shape index (κ1) is 9.17. The maximum Gasteiger partial charge on any atom is 0.0928 e. The molecule has 0 aromatic carbocycles. The average molecular weight is 196 g/mol. The Balaban J connectivity index is 1.73. The van der Waals surface area contributed by atoms with Crippen LogP contribution in [0.4, 0.5) is 0 Å². The van der Waals surface area contributed by atoms with E-state index in [1.807, 2.05) is 4.90 Å². The largest absolute Gasteiger partial charge is 0.392 e. The Labute approximate surface area is 86.3 Å². The summed E-state index contributed by atoms with van der Waals surface area (Å²) in [7, 11) is 0. The molecule has 0 amide bonds. The second kappa shape index (κ2) is 3.49. The smallest absolute Gasteiger partial charge is 0.0928 e. The summed E-state index contributed by atoms with van der Waals surface area (Å²) in [5.41, 5.74) is 0. The zero-order valence-corrected chi connectivity index (χ0v) is 8.91. The van der Waals surface area contributed by atoms with Crippen LogP contribution in [0.2, 0.25) is 0 Å². The van der Waals surface area contributed by atoms with Gasteiger partial charge in [-0.3, -0.25) is 0 Å². The Kier molecular flexibility index (Phi) is 2.29. The minimum absolute atomic E-state index is 0.0573. The fraction of sp³-hybridized carbons (Fsp3) is 1.00. The van der Waals surface area contributed by atoms with Crippen molar-refractivity contribution in [3.05, 3.63) is 0 Å². The molecule has 2 nitrogen and oxygen atoms in total. The molecule has 2 N–H and O–H groups in total. The molecule has 4 unspecified atom stereocenters. The SMILES string of the molecule is OC1C2CCC1C([NH+]1CCCC1)CC2. The molecule has 14 heavy (non-hydrogen) atoms. The van der Waals surface area contributed by atoms with Crippen LogP contribution in [0.5, 0.6) is 0 Å². The number of rotatable bonds is 1. The highest BCUT2D eigenvalue weighted by Gasteiger charge is 2.47. The molecule has 1 heterocycles. The van der Waals surface area contributed by atoms with Gasteiger partial charge in [0.15, 0.2) is 0 Å². The van der Waals surface area contributed by atoms with Gasteiger partial charge in [0.1, 0.15) is 0 Å². The lowest BCUT2D eigenvalue weighted by molar-refractivity contribution is -0.919. The van der Waals surface area contributed by atoms with Gasteiger partial charge in [0, 0.05) is 25.2 Å². The number of hydrogen-bond donors (Lipinski definition) is 2. The van der Waals surface area contributed by atoms with Crippen molar-refractivity contribution in [2.24, 2.45) is 11.8 Å². The number of nitrogens with one attached hydrogen (secondary N) is 1. The standard InChI is InChI=1S/C12H21NO/c14-12-9-3-5-10(12)11(6-4-9)13-7-1-2-8-13/h9-12,14H,1-8H2/p+1. The van der Waals surface area contributed by atoms with E-state index in [2.05, 4.69) is 0 Å². The van der Waals surface area contributed by atoms with Crippen molar-refractivity contribution < 1.29 is 10.0 Å². The maximum absolute atomic E-state index is 10.1. The topological polar surface area (TPSA) is 24.7 Å². The Bertz CT molecular complexity index is 212. The molecule has 3 fully saturated rings. The van der Waals surface area contributed by atoms with E-state index in [4.69, 9.17) is 0 Å². The van der Waals surface area contributed by atoms with Crippen molar-refractivity contribution in [1.82, 2.24) is 0 Å². The summed E-state index contributed by atoms with van der Waals surface area (Å²) in [4.78, 5) is 1.81. The highest BCUT2D eigenvalue weighted by atomic mass is 16.3. The molecule has 2 saturated carbocycles. The lowest BCUT2D eigenvalue weighted by Crippen LogP contribution is -3.15. The summed E-state index contributed by atoms with van der Waals surface area (Å²) in [5, 5.41) is 10.1. The molecule has 0 spiro atoms. The molecule has 0 radical (unpaired) electrons. The van der Waals surface area contributed by atoms with Gasteiger partial charge in [0.2, 0.25) is 0 Å². The second-order valence-corrected chi connectivity index (χ2v) is 5.54. The van der Waals surface area contributed by atoms with Crippen LogP contribution >= 0.6 is 0 Å². The van der Waals surface area contributed by atoms with Crippen LogP contribution < -0.4 is 4.90 Å². The minimum Gasteiger partial charge on any atom is -0.392 e. The number of quaternary nitrogens is 1. The molecule has 3 rings (SSSR count). The van der Waals surface area contributed by atoms with Crippen LogP contribution in [0, 0.1) is 11.8 Å². The summed E-state index contributed by atoms with van der Waals surface area (Å²) in [6.45, 7) is 2.75. The number of aliphatic hydroxyl groups is 1. The summed E-state index contributed by atoms with van der Waals surface area (Å²) >= 11 is 0. The molecule has 0 aromatic heterocycles. The van der Waals surface area contributed by atoms with Gasteiger partial charge in [-0.25, -0.2) is 0 Å². The Morgan fingerprint density at radius 2 is 1.64 bits per heavy atom. The first-order valence-electron chi connectivity index (χ1n) is 6.39. The molecule has 2 aliphatic carbocycles. The van der Waals surface area contributed by atoms with Gasteiger partial charge >= 0.3 is 0 Å². The van der Waals surface area contributed by atoms with E-state index < -0.39 is 0 Å². The van der Waals surface area contributed by atoms with Gasteiger partial charge in [-0.2, -0.15) is 0 Å². The van der Waals surface area contributed by atoms with Gasteiger partial charge in [-0.1, -0.05) is 0 Å².